The second kappa shape index (κ2) is 64.2. The van der Waals surface area contributed by atoms with E-state index in [9.17, 15) is 19.0 Å². The van der Waals surface area contributed by atoms with E-state index in [4.69, 9.17) is 13.8 Å². The molecule has 0 saturated carbocycles. The molecule has 3 unspecified atom stereocenters. The monoisotopic (exact) mass is 1210 g/mol. The molecule has 0 saturated heterocycles. The number of rotatable bonds is 65. The fourth-order valence-corrected chi connectivity index (χ4v) is 11.1. The minimum absolute atomic E-state index is 0.0315. The smallest absolute Gasteiger partial charge is 0.456 e. The number of hydrogen-bond donors (Lipinski definition) is 2. The molecule has 0 aliphatic heterocycles. The minimum atomic E-state index is -4.47. The summed E-state index contributed by atoms with van der Waals surface area (Å²) in [5.41, 5.74) is 0. The van der Waals surface area contributed by atoms with E-state index in [2.05, 4.69) is 99.0 Å². The molecule has 0 fully saturated rings. The first kappa shape index (κ1) is 82.2. The number of hydrogen-bond acceptors (Lipinski definition) is 6. The Labute approximate surface area is 526 Å². The average Bonchev–Trinajstić information content (AvgIpc) is 3.48. The molecule has 0 rings (SSSR count). The Kier molecular flexibility index (Phi) is 62.1. The summed E-state index contributed by atoms with van der Waals surface area (Å²) in [4.78, 5) is 37.9. The molecule has 0 radical (unpaired) electrons. The fourth-order valence-electron chi connectivity index (χ4n) is 10.4. The van der Waals surface area contributed by atoms with Gasteiger partial charge in [0.1, 0.15) is 19.3 Å². The molecule has 0 aromatic rings. The third kappa shape index (κ3) is 65.5. The maximum Gasteiger partial charge on any atom is 0.472 e. The molecule has 0 aromatic heterocycles. The normalized spacial score (nSPS) is 14.0. The third-order valence-corrected chi connectivity index (χ3v) is 16.8. The number of carbonyl (C=O) groups excluding carboxylic acids is 2. The zero-order valence-electron chi connectivity index (χ0n) is 56.6. The highest BCUT2D eigenvalue weighted by Crippen LogP contribution is 2.43. The predicted octanol–water partition coefficient (Wildman–Crippen LogP) is 22.9. The van der Waals surface area contributed by atoms with Gasteiger partial charge in [-0.25, -0.2) is 4.57 Å². The molecule has 85 heavy (non-hydrogen) atoms. The van der Waals surface area contributed by atoms with Gasteiger partial charge in [-0.05, 0) is 83.1 Å². The van der Waals surface area contributed by atoms with Crippen LogP contribution in [0.1, 0.15) is 329 Å². The lowest BCUT2D eigenvalue weighted by Crippen LogP contribution is -2.47. The summed E-state index contributed by atoms with van der Waals surface area (Å²) in [6.07, 6.45) is 86.1. The van der Waals surface area contributed by atoms with Gasteiger partial charge in [-0.3, -0.25) is 18.6 Å². The van der Waals surface area contributed by atoms with Gasteiger partial charge < -0.3 is 19.4 Å². The lowest BCUT2D eigenvalue weighted by Gasteiger charge is -2.27. The van der Waals surface area contributed by atoms with Crippen LogP contribution in [-0.4, -0.2) is 74.3 Å². The van der Waals surface area contributed by atoms with Gasteiger partial charge in [0, 0.05) is 12.8 Å². The van der Waals surface area contributed by atoms with E-state index in [1.807, 2.05) is 33.3 Å². The van der Waals surface area contributed by atoms with Crippen LogP contribution in [0.3, 0.4) is 0 Å². The van der Waals surface area contributed by atoms with Crippen molar-refractivity contribution < 1.29 is 37.3 Å². The van der Waals surface area contributed by atoms with Crippen molar-refractivity contribution in [2.24, 2.45) is 0 Å². The molecule has 0 bridgehead atoms. The molecule has 3 atom stereocenters. The Morgan fingerprint density at radius 3 is 1.14 bits per heavy atom. The maximum absolute atomic E-state index is 13.6. The van der Waals surface area contributed by atoms with Gasteiger partial charge in [-0.15, -0.1) is 0 Å². The van der Waals surface area contributed by atoms with Crippen LogP contribution in [0, 0.1) is 0 Å². The van der Waals surface area contributed by atoms with Gasteiger partial charge >= 0.3 is 13.8 Å². The summed E-state index contributed by atoms with van der Waals surface area (Å²) < 4.78 is 30.8. The summed E-state index contributed by atoms with van der Waals surface area (Å²) in [5, 5.41) is 3.06. The number of unbranched alkanes of at least 4 members (excludes halogenated alkanes) is 37. The Bertz CT molecular complexity index is 1730. The van der Waals surface area contributed by atoms with Gasteiger partial charge in [0.15, 0.2) is 0 Å². The van der Waals surface area contributed by atoms with Crippen LogP contribution >= 0.6 is 7.82 Å². The Balaban J connectivity index is 5.14. The molecule has 0 aromatic carbocycles. The molecule has 494 valence electrons. The van der Waals surface area contributed by atoms with Crippen molar-refractivity contribution in [3.8, 4) is 0 Å². The van der Waals surface area contributed by atoms with Crippen LogP contribution in [0.2, 0.25) is 0 Å². The van der Waals surface area contributed by atoms with Crippen molar-refractivity contribution >= 4 is 19.7 Å². The Morgan fingerprint density at radius 2 is 0.753 bits per heavy atom. The molecule has 0 aliphatic carbocycles. The first-order chi connectivity index (χ1) is 41.4. The zero-order valence-corrected chi connectivity index (χ0v) is 57.5. The molecule has 2 N–H and O–H groups in total. The number of nitrogens with one attached hydrogen (secondary N) is 1. The van der Waals surface area contributed by atoms with Gasteiger partial charge in [0.05, 0.1) is 33.8 Å². The van der Waals surface area contributed by atoms with E-state index >= 15 is 0 Å². The molecular formula is C75H138N2O7P+. The van der Waals surface area contributed by atoms with Crippen molar-refractivity contribution in [1.29, 1.82) is 0 Å². The number of likely N-dealkylation sites (N-methyl/N-ethyl adjacent to an activating group) is 1. The van der Waals surface area contributed by atoms with Crippen LogP contribution in [0.4, 0.5) is 0 Å². The lowest BCUT2D eigenvalue weighted by molar-refractivity contribution is -0.870. The SMILES string of the molecule is CC/C=C\C/C=C\C/C=C\C/C=C\C/C=C\C/C=C\CCCCC(=O)OC(/C=C/CCCCCCCCCCCCC)C(COP(=O)(O)OCC[N+](C)(C)C)NC(=O)CCCCCCCCCCCCCCCCCCCCCCCCCCC. The fraction of sp³-hybridized carbons (Fsp3) is 0.787. The highest BCUT2D eigenvalue weighted by atomic mass is 31.2. The van der Waals surface area contributed by atoms with E-state index in [-0.39, 0.29) is 31.5 Å². The minimum Gasteiger partial charge on any atom is -0.456 e. The number of quaternary nitrogens is 1. The van der Waals surface area contributed by atoms with Gasteiger partial charge in [0.25, 0.3) is 0 Å². The highest BCUT2D eigenvalue weighted by molar-refractivity contribution is 7.47. The van der Waals surface area contributed by atoms with E-state index in [1.165, 1.54) is 199 Å². The third-order valence-electron chi connectivity index (χ3n) is 15.8. The lowest BCUT2D eigenvalue weighted by atomic mass is 10.0. The summed E-state index contributed by atoms with van der Waals surface area (Å²) >= 11 is 0. The van der Waals surface area contributed by atoms with E-state index in [0.29, 0.717) is 23.9 Å². The topological polar surface area (TPSA) is 111 Å². The number of allylic oxidation sites excluding steroid dienone is 13. The van der Waals surface area contributed by atoms with E-state index < -0.39 is 20.0 Å². The molecule has 10 heteroatoms. The van der Waals surface area contributed by atoms with Gasteiger partial charge in [0.2, 0.25) is 5.91 Å². The molecule has 0 aliphatic rings. The summed E-state index contributed by atoms with van der Waals surface area (Å²) in [7, 11) is 1.47. The number of ether oxygens (including phenoxy) is 1. The van der Waals surface area contributed by atoms with Crippen LogP contribution in [0.5, 0.6) is 0 Å². The van der Waals surface area contributed by atoms with Crippen molar-refractivity contribution in [3.05, 3.63) is 85.1 Å². The van der Waals surface area contributed by atoms with Gasteiger partial charge in [-0.2, -0.15) is 0 Å². The van der Waals surface area contributed by atoms with Crippen molar-refractivity contribution in [2.75, 3.05) is 40.9 Å². The number of carbonyl (C=O) groups is 2. The largest absolute Gasteiger partial charge is 0.472 e. The van der Waals surface area contributed by atoms with E-state index in [0.717, 1.165) is 89.9 Å². The van der Waals surface area contributed by atoms with Crippen molar-refractivity contribution in [2.45, 2.75) is 341 Å². The first-order valence-corrected chi connectivity index (χ1v) is 37.4. The maximum atomic E-state index is 13.6. The zero-order chi connectivity index (χ0) is 62.1. The van der Waals surface area contributed by atoms with E-state index in [1.54, 1.807) is 0 Å². The molecule has 0 heterocycles. The molecule has 0 spiro atoms. The quantitative estimate of drug-likeness (QED) is 0.0205. The number of phosphoric ester groups is 1. The number of esters is 1. The van der Waals surface area contributed by atoms with Crippen LogP contribution in [-0.2, 0) is 27.9 Å². The molecule has 1 amide bonds. The predicted molar refractivity (Wildman–Crippen MR) is 369 cm³/mol. The standard InChI is InChI=1S/C75H137N2O7P/c1-7-10-13-16-19-22-25-28-30-32-34-36-37-38-39-41-42-44-46-49-52-55-58-61-64-67-74(78)76-72(71-83-85(80,81)82-70-69-77(4,5)6)73(66-63-60-57-54-51-48-27-24-21-18-15-12-9-3)84-75(79)68-65-62-59-56-53-50-47-45-43-40-35-33-31-29-26-23-20-17-14-11-8-2/h11,14,20,23,29,31,35,40,45,47,53,56,63,66,72-73H,7-10,12-13,15-19,21-22,24-28,30,32-34,36-39,41-44,46,48-52,54-55,57-62,64-65,67-71H2,1-6H3,(H-,76,78,80,81)/p+1/b14-11-,23-20-,31-29-,40-35-,47-45-,56-53-,66-63+. The number of nitrogens with zero attached hydrogens (tertiary/aromatic N) is 1. The molecular weight excluding hydrogens is 1070 g/mol. The first-order valence-electron chi connectivity index (χ1n) is 35.9. The van der Waals surface area contributed by atoms with Crippen LogP contribution < -0.4 is 5.32 Å². The molecule has 9 nitrogen and oxygen atoms in total. The Morgan fingerprint density at radius 1 is 0.424 bits per heavy atom. The van der Waals surface area contributed by atoms with Gasteiger partial charge in [-0.1, -0.05) is 318 Å². The Hall–Kier alpha value is -2.81. The average molecular weight is 1210 g/mol. The number of phosphoric acid groups is 1. The summed E-state index contributed by atoms with van der Waals surface area (Å²) in [6.45, 7) is 6.91. The van der Waals surface area contributed by atoms with Crippen LogP contribution in [0.15, 0.2) is 85.1 Å². The van der Waals surface area contributed by atoms with Crippen molar-refractivity contribution in [1.82, 2.24) is 5.32 Å². The second-order valence-corrected chi connectivity index (χ2v) is 26.8. The van der Waals surface area contributed by atoms with Crippen LogP contribution in [0.25, 0.3) is 0 Å². The number of amides is 1. The van der Waals surface area contributed by atoms with Crippen molar-refractivity contribution in [3.63, 3.8) is 0 Å². The highest BCUT2D eigenvalue weighted by Gasteiger charge is 2.30. The summed E-state index contributed by atoms with van der Waals surface area (Å²) in [6, 6.07) is -0.870. The summed E-state index contributed by atoms with van der Waals surface area (Å²) in [5.74, 6) is -0.546. The second-order valence-electron chi connectivity index (χ2n) is 25.4.